The van der Waals surface area contributed by atoms with Crippen LogP contribution in [0.2, 0.25) is 0 Å². The number of halogens is 1. The average molecular weight is 470 g/mol. The van der Waals surface area contributed by atoms with Crippen LogP contribution in [0.4, 0.5) is 4.39 Å². The quantitative estimate of drug-likeness (QED) is 0.729. The van der Waals surface area contributed by atoms with Gasteiger partial charge in [-0.2, -0.15) is 8.61 Å². The van der Waals surface area contributed by atoms with Gasteiger partial charge in [0.05, 0.1) is 9.79 Å². The first-order valence-electron chi connectivity index (χ1n) is 9.79. The van der Waals surface area contributed by atoms with Gasteiger partial charge in [0, 0.05) is 39.1 Å². The van der Waals surface area contributed by atoms with Crippen molar-refractivity contribution in [2.24, 2.45) is 0 Å². The molecule has 0 unspecified atom stereocenters. The smallest absolute Gasteiger partial charge is 0.243 e. The zero-order valence-electron chi connectivity index (χ0n) is 16.8. The van der Waals surface area contributed by atoms with Crippen LogP contribution in [0.1, 0.15) is 12.8 Å². The number of carbonyl (C=O) groups excluding carboxylic acids is 1. The minimum Gasteiger partial charge on any atom is -0.355 e. The van der Waals surface area contributed by atoms with Crippen LogP contribution >= 0.6 is 0 Å². The van der Waals surface area contributed by atoms with E-state index in [-0.39, 0.29) is 61.3 Å². The van der Waals surface area contributed by atoms with E-state index in [4.69, 9.17) is 0 Å². The molecule has 31 heavy (non-hydrogen) atoms. The Labute approximate surface area is 181 Å². The van der Waals surface area contributed by atoms with Gasteiger partial charge in [-0.25, -0.2) is 21.2 Å². The van der Waals surface area contributed by atoms with Crippen LogP contribution in [-0.4, -0.2) is 64.1 Å². The molecule has 0 bridgehead atoms. The van der Waals surface area contributed by atoms with E-state index in [2.05, 4.69) is 5.32 Å². The van der Waals surface area contributed by atoms with Crippen molar-refractivity contribution in [2.75, 3.05) is 32.7 Å². The van der Waals surface area contributed by atoms with Crippen LogP contribution in [0.3, 0.4) is 0 Å². The Kier molecular flexibility index (Phi) is 7.42. The second kappa shape index (κ2) is 9.86. The van der Waals surface area contributed by atoms with Gasteiger partial charge >= 0.3 is 0 Å². The summed E-state index contributed by atoms with van der Waals surface area (Å²) in [6, 6.07) is 12.6. The predicted octanol–water partition coefficient (Wildman–Crippen LogP) is 1.42. The summed E-state index contributed by atoms with van der Waals surface area (Å²) in [7, 11) is -7.85. The Morgan fingerprint density at radius 3 is 2.06 bits per heavy atom. The number of hydrogen-bond acceptors (Lipinski definition) is 5. The Hall–Kier alpha value is -2.34. The Balaban J connectivity index is 1.84. The van der Waals surface area contributed by atoms with Crippen LogP contribution in [0.5, 0.6) is 0 Å². The lowest BCUT2D eigenvalue weighted by Crippen LogP contribution is -2.39. The average Bonchev–Trinajstić information content (AvgIpc) is 2.79. The summed E-state index contributed by atoms with van der Waals surface area (Å²) >= 11 is 0. The van der Waals surface area contributed by atoms with Crippen LogP contribution < -0.4 is 5.32 Å². The van der Waals surface area contributed by atoms with E-state index >= 15 is 0 Å². The zero-order valence-corrected chi connectivity index (χ0v) is 18.4. The van der Waals surface area contributed by atoms with Crippen LogP contribution in [0.25, 0.3) is 0 Å². The number of hydrogen-bond donors (Lipinski definition) is 1. The molecule has 0 saturated carbocycles. The Morgan fingerprint density at radius 2 is 1.39 bits per heavy atom. The number of nitrogens with one attached hydrogen (secondary N) is 1. The summed E-state index contributed by atoms with van der Waals surface area (Å²) in [5.41, 5.74) is 0. The van der Waals surface area contributed by atoms with Gasteiger partial charge in [0.15, 0.2) is 0 Å². The van der Waals surface area contributed by atoms with E-state index in [0.29, 0.717) is 0 Å². The maximum Gasteiger partial charge on any atom is 0.243 e. The molecule has 2 aromatic carbocycles. The third-order valence-corrected chi connectivity index (χ3v) is 8.71. The van der Waals surface area contributed by atoms with E-state index in [0.717, 1.165) is 16.4 Å². The van der Waals surface area contributed by atoms with E-state index in [1.807, 2.05) is 0 Å². The standard InChI is InChI=1S/C20H24FN3O5S2/c21-17-6-4-9-19(16-17)31(28,29)24-13-5-12-23(14-10-20(25)22-11-15-24)30(26,27)18-7-2-1-3-8-18/h1-4,6-9,16H,5,10-15H2,(H,22,25). The van der Waals surface area contributed by atoms with E-state index < -0.39 is 25.9 Å². The van der Waals surface area contributed by atoms with Gasteiger partial charge in [0.2, 0.25) is 26.0 Å². The van der Waals surface area contributed by atoms with Crippen molar-refractivity contribution in [1.29, 1.82) is 0 Å². The van der Waals surface area contributed by atoms with Crippen LogP contribution in [-0.2, 0) is 24.8 Å². The molecule has 1 aliphatic rings. The molecule has 8 nitrogen and oxygen atoms in total. The van der Waals surface area contributed by atoms with Gasteiger partial charge in [0.1, 0.15) is 5.82 Å². The van der Waals surface area contributed by atoms with Gasteiger partial charge in [-0.15, -0.1) is 0 Å². The largest absolute Gasteiger partial charge is 0.355 e. The molecular weight excluding hydrogens is 445 g/mol. The highest BCUT2D eigenvalue weighted by Crippen LogP contribution is 2.19. The molecule has 1 N–H and O–H groups in total. The summed E-state index contributed by atoms with van der Waals surface area (Å²) in [5, 5.41) is 2.62. The fourth-order valence-electron chi connectivity index (χ4n) is 3.28. The molecule has 1 heterocycles. The molecule has 0 atom stereocenters. The van der Waals surface area contributed by atoms with Crippen molar-refractivity contribution >= 4 is 26.0 Å². The Morgan fingerprint density at radius 1 is 0.774 bits per heavy atom. The summed E-state index contributed by atoms with van der Waals surface area (Å²) in [6.45, 7) is 0.115. The van der Waals surface area contributed by atoms with Crippen LogP contribution in [0.15, 0.2) is 64.4 Å². The van der Waals surface area contributed by atoms with Crippen molar-refractivity contribution < 1.29 is 26.0 Å². The predicted molar refractivity (Wildman–Crippen MR) is 113 cm³/mol. The molecule has 168 valence electrons. The van der Waals surface area contributed by atoms with Crippen LogP contribution in [0, 0.1) is 5.82 Å². The van der Waals surface area contributed by atoms with Gasteiger partial charge in [-0.1, -0.05) is 24.3 Å². The first kappa shape index (κ1) is 23.3. The minimum atomic E-state index is -4.01. The number of amides is 1. The van der Waals surface area contributed by atoms with Crippen molar-refractivity contribution in [3.8, 4) is 0 Å². The van der Waals surface area contributed by atoms with Gasteiger partial charge in [0.25, 0.3) is 0 Å². The summed E-state index contributed by atoms with van der Waals surface area (Å²) in [6.07, 6.45) is 0.178. The highest BCUT2D eigenvalue weighted by Gasteiger charge is 2.28. The first-order valence-corrected chi connectivity index (χ1v) is 12.7. The zero-order chi connectivity index (χ0) is 22.5. The Bertz CT molecular complexity index is 1120. The number of sulfonamides is 2. The topological polar surface area (TPSA) is 104 Å². The second-order valence-electron chi connectivity index (χ2n) is 7.03. The highest BCUT2D eigenvalue weighted by molar-refractivity contribution is 7.89. The lowest BCUT2D eigenvalue weighted by atomic mass is 10.3. The fourth-order valence-corrected chi connectivity index (χ4v) is 6.29. The molecule has 11 heteroatoms. The highest BCUT2D eigenvalue weighted by atomic mass is 32.2. The lowest BCUT2D eigenvalue weighted by molar-refractivity contribution is -0.121. The van der Waals surface area contributed by atoms with E-state index in [1.54, 1.807) is 18.2 Å². The number of rotatable bonds is 4. The second-order valence-corrected chi connectivity index (χ2v) is 10.9. The molecule has 2 aromatic rings. The van der Waals surface area contributed by atoms with Gasteiger partial charge in [-0.3, -0.25) is 4.79 Å². The molecule has 3 rings (SSSR count). The molecule has 1 saturated heterocycles. The minimum absolute atomic E-state index is 0.00395. The molecule has 0 aromatic heterocycles. The fraction of sp³-hybridized carbons (Fsp3) is 0.350. The lowest BCUT2D eigenvalue weighted by Gasteiger charge is -2.24. The van der Waals surface area contributed by atoms with E-state index in [1.165, 1.54) is 28.6 Å². The van der Waals surface area contributed by atoms with E-state index in [9.17, 15) is 26.0 Å². The third kappa shape index (κ3) is 5.67. The first-order chi connectivity index (χ1) is 14.7. The maximum absolute atomic E-state index is 13.6. The summed E-state index contributed by atoms with van der Waals surface area (Å²) in [4.78, 5) is 12.1. The van der Waals surface area contributed by atoms with Gasteiger partial charge in [-0.05, 0) is 36.8 Å². The summed E-state index contributed by atoms with van der Waals surface area (Å²) < 4.78 is 67.9. The van der Waals surface area contributed by atoms with Crippen molar-refractivity contribution in [2.45, 2.75) is 22.6 Å². The molecule has 0 radical (unpaired) electrons. The molecule has 0 spiro atoms. The monoisotopic (exact) mass is 469 g/mol. The normalized spacial score (nSPS) is 18.2. The SMILES string of the molecule is O=C1CCN(S(=O)(=O)c2ccccc2)CCCN(S(=O)(=O)c2cccc(F)c2)CCN1. The van der Waals surface area contributed by atoms with Crippen molar-refractivity contribution in [3.63, 3.8) is 0 Å². The van der Waals surface area contributed by atoms with Gasteiger partial charge < -0.3 is 5.32 Å². The van der Waals surface area contributed by atoms with Crippen molar-refractivity contribution in [3.05, 3.63) is 60.4 Å². The maximum atomic E-state index is 13.6. The molecule has 1 fully saturated rings. The number of nitrogens with zero attached hydrogens (tertiary/aromatic N) is 2. The molecule has 1 amide bonds. The third-order valence-electron chi connectivity index (χ3n) is 4.90. The number of benzene rings is 2. The molecule has 0 aliphatic carbocycles. The summed E-state index contributed by atoms with van der Waals surface area (Å²) in [5.74, 6) is -1.05. The molecular formula is C20H24FN3O5S2. The van der Waals surface area contributed by atoms with Crippen molar-refractivity contribution in [1.82, 2.24) is 13.9 Å². The molecule has 1 aliphatic heterocycles. The number of carbonyl (C=O) groups is 1.